The number of hydrogen-bond donors (Lipinski definition) is 1. The minimum atomic E-state index is -0.981. The van der Waals surface area contributed by atoms with Crippen LogP contribution < -0.4 is 14.8 Å². The lowest BCUT2D eigenvalue weighted by molar-refractivity contribution is -0.124. The van der Waals surface area contributed by atoms with E-state index >= 15 is 0 Å². The number of halogens is 1. The molecule has 1 aromatic heterocycles. The molecule has 1 atom stereocenters. The number of hydrogen-bond acceptors (Lipinski definition) is 6. The zero-order valence-electron chi connectivity index (χ0n) is 14.6. The van der Waals surface area contributed by atoms with Crippen LogP contribution in [-0.4, -0.2) is 37.2 Å². The molecular weight excluding hydrogens is 360 g/mol. The van der Waals surface area contributed by atoms with Gasteiger partial charge in [-0.15, -0.1) is 0 Å². The van der Waals surface area contributed by atoms with Crippen LogP contribution in [0.3, 0.4) is 0 Å². The number of nitrogens with one attached hydrogen (secondary N) is 1. The van der Waals surface area contributed by atoms with Crippen molar-refractivity contribution in [3.8, 4) is 11.5 Å². The highest BCUT2D eigenvalue weighted by atomic mass is 35.5. The van der Waals surface area contributed by atoms with Crippen LogP contribution in [0.5, 0.6) is 11.5 Å². The maximum absolute atomic E-state index is 12.5. The largest absolute Gasteiger partial charge is 0.497 e. The van der Waals surface area contributed by atoms with E-state index in [9.17, 15) is 9.59 Å². The van der Waals surface area contributed by atoms with Crippen molar-refractivity contribution in [3.05, 3.63) is 47.2 Å². The van der Waals surface area contributed by atoms with E-state index in [0.717, 1.165) is 0 Å². The highest BCUT2D eigenvalue weighted by molar-refractivity contribution is 6.29. The first-order valence-corrected chi connectivity index (χ1v) is 8.21. The number of ether oxygens (including phenoxy) is 3. The molecule has 0 saturated carbocycles. The number of esters is 1. The number of rotatable bonds is 7. The van der Waals surface area contributed by atoms with Gasteiger partial charge in [-0.05, 0) is 30.7 Å². The first-order chi connectivity index (χ1) is 12.5. The molecule has 1 amide bonds. The van der Waals surface area contributed by atoms with Crippen molar-refractivity contribution in [2.45, 2.75) is 19.4 Å². The summed E-state index contributed by atoms with van der Waals surface area (Å²) in [4.78, 5) is 28.5. The molecule has 1 heterocycles. The maximum Gasteiger partial charge on any atom is 0.339 e. The minimum Gasteiger partial charge on any atom is -0.497 e. The van der Waals surface area contributed by atoms with Crippen LogP contribution in [0, 0.1) is 0 Å². The van der Waals surface area contributed by atoms with Crippen molar-refractivity contribution in [3.63, 3.8) is 0 Å². The van der Waals surface area contributed by atoms with E-state index in [4.69, 9.17) is 25.8 Å². The predicted octanol–water partition coefficient (Wildman–Crippen LogP) is 3.33. The molecule has 1 N–H and O–H groups in total. The van der Waals surface area contributed by atoms with Crippen molar-refractivity contribution in [1.82, 2.24) is 4.98 Å². The summed E-state index contributed by atoms with van der Waals surface area (Å²) in [5.41, 5.74) is 0.633. The first kappa shape index (κ1) is 19.5. The summed E-state index contributed by atoms with van der Waals surface area (Å²) in [7, 11) is 3.01. The van der Waals surface area contributed by atoms with Crippen molar-refractivity contribution in [2.75, 3.05) is 19.5 Å². The smallest absolute Gasteiger partial charge is 0.339 e. The molecule has 0 bridgehead atoms. The SMILES string of the molecule is CCC(OC(=O)c1ccnc(Cl)c1)C(=O)Nc1cc(OC)ccc1OC. The van der Waals surface area contributed by atoms with Crippen LogP contribution in [0.1, 0.15) is 23.7 Å². The highest BCUT2D eigenvalue weighted by Gasteiger charge is 2.23. The summed E-state index contributed by atoms with van der Waals surface area (Å²) < 4.78 is 15.7. The number of carbonyl (C=O) groups excluding carboxylic acids is 2. The number of benzene rings is 1. The molecule has 0 fully saturated rings. The monoisotopic (exact) mass is 378 g/mol. The average molecular weight is 379 g/mol. The van der Waals surface area contributed by atoms with Gasteiger partial charge in [-0.2, -0.15) is 0 Å². The molecule has 7 nitrogen and oxygen atoms in total. The average Bonchev–Trinajstić information content (AvgIpc) is 2.65. The third-order valence-corrected chi connectivity index (χ3v) is 3.75. The van der Waals surface area contributed by atoms with E-state index in [-0.39, 0.29) is 10.7 Å². The number of methoxy groups -OCH3 is 2. The third-order valence-electron chi connectivity index (χ3n) is 3.54. The molecule has 0 aliphatic rings. The zero-order chi connectivity index (χ0) is 19.1. The number of carbonyl (C=O) groups is 2. The molecule has 1 unspecified atom stereocenters. The van der Waals surface area contributed by atoms with Crippen molar-refractivity contribution < 1.29 is 23.8 Å². The Hall–Kier alpha value is -2.80. The highest BCUT2D eigenvalue weighted by Crippen LogP contribution is 2.29. The second-order valence-electron chi connectivity index (χ2n) is 5.22. The molecular formula is C18H19ClN2O5. The summed E-state index contributed by atoms with van der Waals surface area (Å²) in [6.45, 7) is 1.74. The Morgan fingerprint density at radius 3 is 2.58 bits per heavy atom. The van der Waals surface area contributed by atoms with Crippen LogP contribution in [0.2, 0.25) is 5.15 Å². The van der Waals surface area contributed by atoms with Crippen LogP contribution in [0.15, 0.2) is 36.5 Å². The van der Waals surface area contributed by atoms with Gasteiger partial charge in [-0.3, -0.25) is 4.79 Å². The standard InChI is InChI=1S/C18H19ClN2O5/c1-4-14(26-18(23)11-7-8-20-16(19)9-11)17(22)21-13-10-12(24-2)5-6-15(13)25-3/h5-10,14H,4H2,1-3H3,(H,21,22). The van der Waals surface area contributed by atoms with E-state index in [2.05, 4.69) is 10.3 Å². The molecule has 138 valence electrons. The van der Waals surface area contributed by atoms with Gasteiger partial charge in [-0.25, -0.2) is 9.78 Å². The number of anilines is 1. The Morgan fingerprint density at radius 2 is 1.96 bits per heavy atom. The molecule has 0 spiro atoms. The Morgan fingerprint density at radius 1 is 1.19 bits per heavy atom. The number of pyridine rings is 1. The Bertz CT molecular complexity index is 797. The fraction of sp³-hybridized carbons (Fsp3) is 0.278. The number of aromatic nitrogens is 1. The Kier molecular flexibility index (Phi) is 6.80. The van der Waals surface area contributed by atoms with E-state index < -0.39 is 18.0 Å². The Labute approximate surface area is 156 Å². The van der Waals surface area contributed by atoms with Gasteiger partial charge < -0.3 is 19.5 Å². The fourth-order valence-corrected chi connectivity index (χ4v) is 2.35. The van der Waals surface area contributed by atoms with E-state index in [1.807, 2.05) is 0 Å². The molecule has 0 saturated heterocycles. The molecule has 0 radical (unpaired) electrons. The van der Waals surface area contributed by atoms with Gasteiger partial charge >= 0.3 is 5.97 Å². The molecule has 26 heavy (non-hydrogen) atoms. The van der Waals surface area contributed by atoms with Crippen LogP contribution in [0.25, 0.3) is 0 Å². The van der Waals surface area contributed by atoms with Gasteiger partial charge in [0.25, 0.3) is 5.91 Å². The van der Waals surface area contributed by atoms with Crippen molar-refractivity contribution in [2.24, 2.45) is 0 Å². The summed E-state index contributed by atoms with van der Waals surface area (Å²) in [5, 5.41) is 2.86. The topological polar surface area (TPSA) is 86.8 Å². The first-order valence-electron chi connectivity index (χ1n) is 7.84. The maximum atomic E-state index is 12.5. The van der Waals surface area contributed by atoms with Gasteiger partial charge in [0.05, 0.1) is 25.5 Å². The van der Waals surface area contributed by atoms with Gasteiger partial charge in [-0.1, -0.05) is 18.5 Å². The lowest BCUT2D eigenvalue weighted by Gasteiger charge is -2.17. The van der Waals surface area contributed by atoms with Gasteiger partial charge in [0.2, 0.25) is 0 Å². The fourth-order valence-electron chi connectivity index (χ4n) is 2.17. The van der Waals surface area contributed by atoms with Gasteiger partial charge in [0.1, 0.15) is 16.7 Å². The van der Waals surface area contributed by atoms with Crippen LogP contribution in [0.4, 0.5) is 5.69 Å². The molecule has 1 aromatic carbocycles. The molecule has 2 aromatic rings. The quantitative estimate of drug-likeness (QED) is 0.587. The number of amides is 1. The summed E-state index contributed by atoms with van der Waals surface area (Å²) in [6.07, 6.45) is 0.703. The summed E-state index contributed by atoms with van der Waals surface area (Å²) in [5.74, 6) is -0.125. The summed E-state index contributed by atoms with van der Waals surface area (Å²) >= 11 is 5.77. The zero-order valence-corrected chi connectivity index (χ0v) is 15.4. The molecule has 0 aliphatic heterocycles. The Balaban J connectivity index is 2.12. The lowest BCUT2D eigenvalue weighted by atomic mass is 10.2. The van der Waals surface area contributed by atoms with E-state index in [0.29, 0.717) is 23.6 Å². The molecule has 2 rings (SSSR count). The van der Waals surface area contributed by atoms with E-state index in [1.54, 1.807) is 25.1 Å². The van der Waals surface area contributed by atoms with Crippen molar-refractivity contribution in [1.29, 1.82) is 0 Å². The molecule has 8 heteroatoms. The third kappa shape index (κ3) is 4.86. The lowest BCUT2D eigenvalue weighted by Crippen LogP contribution is -2.32. The normalized spacial score (nSPS) is 11.4. The minimum absolute atomic E-state index is 0.165. The van der Waals surface area contributed by atoms with Crippen LogP contribution >= 0.6 is 11.6 Å². The van der Waals surface area contributed by atoms with Crippen molar-refractivity contribution >= 4 is 29.2 Å². The molecule has 0 aliphatic carbocycles. The second-order valence-corrected chi connectivity index (χ2v) is 5.61. The van der Waals surface area contributed by atoms with Gasteiger partial charge in [0.15, 0.2) is 6.10 Å². The predicted molar refractivity (Wildman–Crippen MR) is 96.9 cm³/mol. The van der Waals surface area contributed by atoms with Crippen LogP contribution in [-0.2, 0) is 9.53 Å². The second kappa shape index (κ2) is 9.05. The van der Waals surface area contributed by atoms with E-state index in [1.165, 1.54) is 32.5 Å². The summed E-state index contributed by atoms with van der Waals surface area (Å²) in [6, 6.07) is 7.83. The van der Waals surface area contributed by atoms with Gasteiger partial charge in [0, 0.05) is 12.3 Å². The number of nitrogens with zero attached hydrogens (tertiary/aromatic N) is 1.